The van der Waals surface area contributed by atoms with E-state index < -0.39 is 31.7 Å². The number of para-hydroxylation sites is 1. The van der Waals surface area contributed by atoms with Crippen LogP contribution in [0, 0.1) is 19.3 Å². The number of aromatic nitrogens is 4. The van der Waals surface area contributed by atoms with Crippen molar-refractivity contribution in [3.63, 3.8) is 0 Å². The second-order valence-electron chi connectivity index (χ2n) is 13.9. The number of carbonyl (C=O) groups is 1. The third kappa shape index (κ3) is 8.01. The van der Waals surface area contributed by atoms with Gasteiger partial charge in [-0.05, 0) is 86.2 Å². The van der Waals surface area contributed by atoms with Gasteiger partial charge in [0.05, 0.1) is 17.6 Å². The highest BCUT2D eigenvalue weighted by Crippen LogP contribution is 2.47. The Morgan fingerprint density at radius 2 is 1.88 bits per heavy atom. The van der Waals surface area contributed by atoms with E-state index >= 15 is 0 Å². The molecule has 0 saturated heterocycles. The Balaban J connectivity index is 1.31. The SMILES string of the molecule is CC[C@@H]1CN(Cc2cc(C(c3ccc4c(nnn4C)c3C)C(C)(C)C(=O)OCOP(C)(=O)Oc3ccccc3)ccc2C)Cc2cnccc2O1. The van der Waals surface area contributed by atoms with E-state index in [9.17, 15) is 9.36 Å². The van der Waals surface area contributed by atoms with Crippen molar-refractivity contribution in [3.05, 3.63) is 113 Å². The van der Waals surface area contributed by atoms with Gasteiger partial charge in [-0.25, -0.2) is 9.25 Å². The first-order chi connectivity index (χ1) is 24.4. The molecule has 3 atom stereocenters. The average Bonchev–Trinajstić information content (AvgIpc) is 3.38. The van der Waals surface area contributed by atoms with Crippen molar-refractivity contribution in [1.82, 2.24) is 24.9 Å². The Kier molecular flexibility index (Phi) is 10.6. The lowest BCUT2D eigenvalue weighted by Crippen LogP contribution is -2.35. The largest absolute Gasteiger partial charge is 0.489 e. The molecule has 0 fully saturated rings. The number of fused-ring (bicyclic) bond motifs is 2. The Hall–Kier alpha value is -4.57. The molecular weight excluding hydrogens is 665 g/mol. The van der Waals surface area contributed by atoms with Gasteiger partial charge >= 0.3 is 13.6 Å². The lowest BCUT2D eigenvalue weighted by Gasteiger charge is -2.34. The van der Waals surface area contributed by atoms with E-state index in [2.05, 4.69) is 52.2 Å². The van der Waals surface area contributed by atoms with Crippen molar-refractivity contribution < 1.29 is 27.9 Å². The van der Waals surface area contributed by atoms with E-state index in [1.807, 2.05) is 58.3 Å². The first kappa shape index (κ1) is 36.2. The van der Waals surface area contributed by atoms with Crippen LogP contribution >= 0.6 is 7.60 Å². The molecule has 0 aliphatic carbocycles. The molecular formula is C39H46N5O6P. The van der Waals surface area contributed by atoms with E-state index in [0.29, 0.717) is 18.8 Å². The summed E-state index contributed by atoms with van der Waals surface area (Å²) in [6.07, 6.45) is 4.59. The molecule has 51 heavy (non-hydrogen) atoms. The zero-order valence-corrected chi connectivity index (χ0v) is 31.2. The van der Waals surface area contributed by atoms with Crippen LogP contribution in [0.1, 0.15) is 66.5 Å². The highest BCUT2D eigenvalue weighted by Gasteiger charge is 2.42. The molecule has 0 amide bonds. The van der Waals surface area contributed by atoms with Crippen molar-refractivity contribution in [2.75, 3.05) is 20.0 Å². The number of pyridine rings is 1. The molecule has 2 unspecified atom stereocenters. The van der Waals surface area contributed by atoms with E-state index in [1.165, 1.54) is 6.66 Å². The Labute approximate surface area is 299 Å². The van der Waals surface area contributed by atoms with Crippen LogP contribution in [0.15, 0.2) is 79.1 Å². The van der Waals surface area contributed by atoms with Crippen molar-refractivity contribution in [2.24, 2.45) is 12.5 Å². The van der Waals surface area contributed by atoms with Gasteiger partial charge in [0, 0.05) is 50.6 Å². The third-order valence-corrected chi connectivity index (χ3v) is 10.8. The summed E-state index contributed by atoms with van der Waals surface area (Å²) < 4.78 is 37.9. The minimum atomic E-state index is -3.57. The number of aryl methyl sites for hydroxylation is 3. The molecule has 3 heterocycles. The fourth-order valence-electron chi connectivity index (χ4n) is 6.80. The van der Waals surface area contributed by atoms with Crippen molar-refractivity contribution >= 4 is 24.6 Å². The van der Waals surface area contributed by atoms with Gasteiger partial charge < -0.3 is 14.0 Å². The number of carbonyl (C=O) groups excluding carboxylic acids is 1. The van der Waals surface area contributed by atoms with Crippen molar-refractivity contribution in [2.45, 2.75) is 66.2 Å². The van der Waals surface area contributed by atoms with Gasteiger partial charge in [0.1, 0.15) is 23.1 Å². The summed E-state index contributed by atoms with van der Waals surface area (Å²) in [5, 5.41) is 8.70. The molecule has 1 aliphatic heterocycles. The predicted molar refractivity (Wildman–Crippen MR) is 196 cm³/mol. The molecule has 2 aromatic heterocycles. The zero-order chi connectivity index (χ0) is 36.3. The van der Waals surface area contributed by atoms with Crippen LogP contribution in [0.2, 0.25) is 0 Å². The van der Waals surface area contributed by atoms with Crippen LogP contribution in [0.5, 0.6) is 11.5 Å². The molecule has 1 aliphatic rings. The van der Waals surface area contributed by atoms with Gasteiger partial charge in [-0.1, -0.05) is 54.6 Å². The minimum absolute atomic E-state index is 0.0543. The summed E-state index contributed by atoms with van der Waals surface area (Å²) in [5.41, 5.74) is 6.75. The number of nitrogens with zero attached hydrogens (tertiary/aromatic N) is 5. The van der Waals surface area contributed by atoms with Crippen LogP contribution in [-0.2, 0) is 38.8 Å². The Morgan fingerprint density at radius 1 is 1.10 bits per heavy atom. The lowest BCUT2D eigenvalue weighted by atomic mass is 9.69. The normalized spacial score (nSPS) is 16.8. The number of hydrogen-bond donors (Lipinski definition) is 0. The Morgan fingerprint density at radius 3 is 2.65 bits per heavy atom. The van der Waals surface area contributed by atoms with E-state index in [0.717, 1.165) is 63.1 Å². The summed E-state index contributed by atoms with van der Waals surface area (Å²) >= 11 is 0. The zero-order valence-electron chi connectivity index (χ0n) is 30.3. The number of benzene rings is 3. The second kappa shape index (κ2) is 15.0. The van der Waals surface area contributed by atoms with E-state index in [4.69, 9.17) is 18.5 Å². The molecule has 3 aromatic carbocycles. The highest BCUT2D eigenvalue weighted by molar-refractivity contribution is 7.53. The molecule has 5 aromatic rings. The van der Waals surface area contributed by atoms with E-state index in [1.54, 1.807) is 35.1 Å². The van der Waals surface area contributed by atoms with E-state index in [-0.39, 0.29) is 6.10 Å². The third-order valence-electron chi connectivity index (χ3n) is 9.69. The molecule has 0 spiro atoms. The average molecular weight is 712 g/mol. The smallest absolute Gasteiger partial charge is 0.379 e. The number of ether oxygens (including phenoxy) is 2. The summed E-state index contributed by atoms with van der Waals surface area (Å²) in [5.74, 6) is 0.340. The first-order valence-corrected chi connectivity index (χ1v) is 19.2. The molecule has 0 saturated carbocycles. The lowest BCUT2D eigenvalue weighted by molar-refractivity contribution is -0.161. The second-order valence-corrected chi connectivity index (χ2v) is 15.8. The number of rotatable bonds is 12. The predicted octanol–water partition coefficient (Wildman–Crippen LogP) is 7.73. The van der Waals surface area contributed by atoms with Crippen LogP contribution in [-0.4, -0.2) is 57.0 Å². The summed E-state index contributed by atoms with van der Waals surface area (Å²) in [4.78, 5) is 20.8. The van der Waals surface area contributed by atoms with Gasteiger partial charge in [-0.2, -0.15) is 0 Å². The maximum absolute atomic E-state index is 14.1. The first-order valence-electron chi connectivity index (χ1n) is 17.2. The number of hydrogen-bond acceptors (Lipinski definition) is 10. The molecule has 11 nitrogen and oxygen atoms in total. The van der Waals surface area contributed by atoms with Crippen LogP contribution in [0.4, 0.5) is 0 Å². The maximum Gasteiger partial charge on any atom is 0.379 e. The van der Waals surface area contributed by atoms with Crippen LogP contribution in [0.3, 0.4) is 0 Å². The monoisotopic (exact) mass is 711 g/mol. The molecule has 6 rings (SSSR count). The minimum Gasteiger partial charge on any atom is -0.489 e. The summed E-state index contributed by atoms with van der Waals surface area (Å²) in [6, 6.07) is 21.1. The fourth-order valence-corrected chi connectivity index (χ4v) is 7.60. The quantitative estimate of drug-likeness (QED) is 0.0723. The molecule has 0 bridgehead atoms. The topological polar surface area (TPSA) is 118 Å². The summed E-state index contributed by atoms with van der Waals surface area (Å²) in [7, 11) is -1.71. The van der Waals surface area contributed by atoms with Crippen molar-refractivity contribution in [3.8, 4) is 11.5 Å². The summed E-state index contributed by atoms with van der Waals surface area (Å²) in [6.45, 7) is 13.0. The van der Waals surface area contributed by atoms with Crippen LogP contribution < -0.4 is 9.26 Å². The van der Waals surface area contributed by atoms with Gasteiger partial charge in [0.2, 0.25) is 6.79 Å². The van der Waals surface area contributed by atoms with Gasteiger partial charge in [-0.3, -0.25) is 19.2 Å². The standard InChI is InChI=1S/C39H46N5O6P/c1-8-31-24-44(23-30-21-40-19-18-35(30)49-31)22-29-20-28(15-14-26(29)2)36(33-16-17-34-37(27(33)3)41-42-43(34)6)39(4,5)38(45)47-25-48-51(7,46)50-32-12-10-9-11-13-32/h9-21,31,36H,8,22-25H2,1-7H3/t31-,36?,51?/m1/s1. The van der Waals surface area contributed by atoms with Gasteiger partial charge in [0.25, 0.3) is 0 Å². The molecule has 268 valence electrons. The van der Waals surface area contributed by atoms with Crippen molar-refractivity contribution in [1.29, 1.82) is 0 Å². The molecule has 0 radical (unpaired) electrons. The van der Waals surface area contributed by atoms with Gasteiger partial charge in [0.15, 0.2) is 0 Å². The Bertz CT molecular complexity index is 2070. The molecule has 0 N–H and O–H groups in total. The van der Waals surface area contributed by atoms with Gasteiger partial charge in [-0.15, -0.1) is 5.10 Å². The van der Waals surface area contributed by atoms with Crippen LogP contribution in [0.25, 0.3) is 11.0 Å². The fraction of sp³-hybridized carbons (Fsp3) is 0.385. The molecule has 12 heteroatoms. The maximum atomic E-state index is 14.1. The highest BCUT2D eigenvalue weighted by atomic mass is 31.2. The number of esters is 1.